The molecule has 1 aliphatic carbocycles. The van der Waals surface area contributed by atoms with Gasteiger partial charge in [-0.05, 0) is 60.2 Å². The summed E-state index contributed by atoms with van der Waals surface area (Å²) in [6.07, 6.45) is 3.40. The number of hydrogen-bond acceptors (Lipinski definition) is 4. The second-order valence-corrected chi connectivity index (χ2v) is 7.72. The van der Waals surface area contributed by atoms with Crippen LogP contribution in [0.1, 0.15) is 23.1 Å². The summed E-state index contributed by atoms with van der Waals surface area (Å²) >= 11 is 0. The predicted octanol–water partition coefficient (Wildman–Crippen LogP) is 2.38. The molecule has 0 amide bonds. The zero-order valence-electron chi connectivity index (χ0n) is 14.9. The highest BCUT2D eigenvalue weighted by Crippen LogP contribution is 2.25. The molecule has 27 heavy (non-hydrogen) atoms. The number of hydrogen-bond donors (Lipinski definition) is 3. The first-order valence-corrected chi connectivity index (χ1v) is 9.80. The highest BCUT2D eigenvalue weighted by atomic mass is 127. The quantitative estimate of drug-likeness (QED) is 0.330. The minimum atomic E-state index is -3.88. The lowest BCUT2D eigenvalue weighted by Gasteiger charge is -2.09. The lowest BCUT2D eigenvalue weighted by molar-refractivity contribution is 0.402. The molecule has 0 heterocycles. The van der Waals surface area contributed by atoms with Crippen molar-refractivity contribution >= 4 is 45.6 Å². The van der Waals surface area contributed by atoms with E-state index >= 15 is 0 Å². The molecule has 2 aromatic rings. The summed E-state index contributed by atoms with van der Waals surface area (Å²) in [6.45, 7) is 0.219. The average Bonchev–Trinajstić information content (AvgIpc) is 3.06. The molecule has 0 spiro atoms. The molecule has 0 saturated carbocycles. The van der Waals surface area contributed by atoms with Crippen LogP contribution in [0.3, 0.4) is 0 Å². The first kappa shape index (κ1) is 21.5. The number of ether oxygens (including phenoxy) is 1. The molecule has 9 heteroatoms. The number of fused-ring (bicyclic) bond motifs is 1. The Balaban J connectivity index is 0.00000261. The number of sulfonamides is 1. The van der Waals surface area contributed by atoms with Crippen molar-refractivity contribution in [2.45, 2.75) is 30.7 Å². The predicted molar refractivity (Wildman–Crippen MR) is 117 cm³/mol. The van der Waals surface area contributed by atoms with E-state index in [4.69, 9.17) is 15.6 Å². The minimum Gasteiger partial charge on any atom is -0.495 e. The van der Waals surface area contributed by atoms with Crippen LogP contribution in [0, 0.1) is 0 Å². The van der Waals surface area contributed by atoms with E-state index in [0.29, 0.717) is 5.56 Å². The van der Waals surface area contributed by atoms with Gasteiger partial charge in [-0.1, -0.05) is 12.1 Å². The Morgan fingerprint density at radius 3 is 2.63 bits per heavy atom. The van der Waals surface area contributed by atoms with Crippen LogP contribution in [0.4, 0.5) is 5.69 Å². The molecule has 7 nitrogen and oxygen atoms in total. The Bertz CT molecular complexity index is 961. The minimum absolute atomic E-state index is 0. The van der Waals surface area contributed by atoms with Crippen LogP contribution in [0.15, 0.2) is 46.3 Å². The molecule has 3 rings (SSSR count). The molecule has 0 aromatic heterocycles. The summed E-state index contributed by atoms with van der Waals surface area (Å²) in [5.74, 6) is 0.459. The number of benzene rings is 2. The van der Waals surface area contributed by atoms with E-state index in [1.807, 2.05) is 6.07 Å². The second kappa shape index (κ2) is 8.89. The van der Waals surface area contributed by atoms with Crippen molar-refractivity contribution in [1.82, 2.24) is 0 Å². The Morgan fingerprint density at radius 2 is 1.93 bits per heavy atom. The van der Waals surface area contributed by atoms with Crippen molar-refractivity contribution in [3.8, 4) is 5.75 Å². The summed E-state index contributed by atoms with van der Waals surface area (Å²) in [4.78, 5) is 4.20. The molecular weight excluding hydrogens is 479 g/mol. The third-order valence-corrected chi connectivity index (χ3v) is 5.27. The summed E-state index contributed by atoms with van der Waals surface area (Å²) in [6, 6.07) is 10.9. The van der Waals surface area contributed by atoms with Gasteiger partial charge in [0.05, 0.1) is 13.7 Å². The fraction of sp³-hybridized carbons (Fsp3) is 0.278. The number of methoxy groups -OCH3 is 1. The number of rotatable bonds is 5. The fourth-order valence-corrected chi connectivity index (χ4v) is 3.80. The van der Waals surface area contributed by atoms with Crippen molar-refractivity contribution < 1.29 is 13.2 Å². The number of halogens is 1. The van der Waals surface area contributed by atoms with E-state index < -0.39 is 10.0 Å². The largest absolute Gasteiger partial charge is 0.495 e. The van der Waals surface area contributed by atoms with Gasteiger partial charge in [-0.15, -0.1) is 24.0 Å². The number of aryl methyl sites for hydroxylation is 2. The van der Waals surface area contributed by atoms with E-state index in [0.717, 1.165) is 18.5 Å². The third-order valence-electron chi connectivity index (χ3n) is 4.34. The average molecular weight is 502 g/mol. The van der Waals surface area contributed by atoms with Gasteiger partial charge < -0.3 is 15.8 Å². The molecule has 0 radical (unpaired) electrons. The van der Waals surface area contributed by atoms with Gasteiger partial charge in [-0.2, -0.15) is 0 Å². The van der Waals surface area contributed by atoms with Gasteiger partial charge in [0.2, 0.25) is 10.0 Å². The summed E-state index contributed by atoms with van der Waals surface area (Å²) in [5.41, 5.74) is 10.2. The second-order valence-electron chi connectivity index (χ2n) is 6.19. The zero-order chi connectivity index (χ0) is 18.7. The molecule has 5 N–H and O–H groups in total. The molecule has 0 atom stereocenters. The van der Waals surface area contributed by atoms with E-state index in [1.165, 1.54) is 30.7 Å². The van der Waals surface area contributed by atoms with Crippen LogP contribution in [-0.4, -0.2) is 21.5 Å². The highest BCUT2D eigenvalue weighted by molar-refractivity contribution is 14.0. The number of primary sulfonamides is 1. The van der Waals surface area contributed by atoms with Crippen molar-refractivity contribution in [3.05, 3.63) is 53.1 Å². The van der Waals surface area contributed by atoms with Crippen LogP contribution in [0.2, 0.25) is 0 Å². The number of nitrogens with zero attached hydrogens (tertiary/aromatic N) is 1. The third kappa shape index (κ3) is 5.33. The number of nitrogens with one attached hydrogen (secondary N) is 1. The van der Waals surface area contributed by atoms with Gasteiger partial charge >= 0.3 is 0 Å². The van der Waals surface area contributed by atoms with Crippen LogP contribution in [0.5, 0.6) is 5.75 Å². The van der Waals surface area contributed by atoms with Gasteiger partial charge in [0, 0.05) is 5.69 Å². The van der Waals surface area contributed by atoms with Crippen LogP contribution < -0.4 is 20.9 Å². The topological polar surface area (TPSA) is 120 Å². The molecule has 0 unspecified atom stereocenters. The van der Waals surface area contributed by atoms with E-state index in [9.17, 15) is 8.42 Å². The molecule has 0 aliphatic heterocycles. The molecule has 0 bridgehead atoms. The van der Waals surface area contributed by atoms with Gasteiger partial charge in [-0.25, -0.2) is 18.5 Å². The first-order valence-electron chi connectivity index (χ1n) is 8.25. The Morgan fingerprint density at radius 1 is 1.19 bits per heavy atom. The number of nitrogens with two attached hydrogens (primary N) is 2. The van der Waals surface area contributed by atoms with Crippen LogP contribution in [-0.2, 0) is 29.4 Å². The monoisotopic (exact) mass is 502 g/mol. The molecule has 0 fully saturated rings. The van der Waals surface area contributed by atoms with Crippen molar-refractivity contribution in [2.75, 3.05) is 12.4 Å². The van der Waals surface area contributed by atoms with E-state index in [-0.39, 0.29) is 47.1 Å². The maximum absolute atomic E-state index is 11.7. The number of anilines is 1. The number of guanidine groups is 1. The standard InChI is InChI=1S/C18H22N4O3S.HI/c1-25-16-8-5-12(9-17(16)26(20,23)24)11-21-18(19)22-15-7-6-13-3-2-4-14(13)10-15;/h5-10H,2-4,11H2,1H3,(H3,19,21,22)(H2,20,23,24);1H. The lowest BCUT2D eigenvalue weighted by Crippen LogP contribution is -2.22. The Hall–Kier alpha value is -1.85. The first-order chi connectivity index (χ1) is 12.4. The molecule has 146 valence electrons. The van der Waals surface area contributed by atoms with Crippen molar-refractivity contribution in [2.24, 2.45) is 15.9 Å². The van der Waals surface area contributed by atoms with Crippen molar-refractivity contribution in [3.63, 3.8) is 0 Å². The number of aliphatic imine (C=N–C) groups is 1. The highest BCUT2D eigenvalue weighted by Gasteiger charge is 2.15. The molecule has 1 aliphatic rings. The lowest BCUT2D eigenvalue weighted by atomic mass is 10.1. The van der Waals surface area contributed by atoms with E-state index in [2.05, 4.69) is 22.4 Å². The summed E-state index contributed by atoms with van der Waals surface area (Å²) in [5, 5.41) is 8.29. The summed E-state index contributed by atoms with van der Waals surface area (Å²) in [7, 11) is -2.49. The molecule has 2 aromatic carbocycles. The SMILES string of the molecule is COc1ccc(CN=C(N)Nc2ccc3c(c2)CCC3)cc1S(N)(=O)=O.I. The Labute approximate surface area is 176 Å². The molecule has 0 saturated heterocycles. The van der Waals surface area contributed by atoms with Crippen LogP contribution in [0.25, 0.3) is 0 Å². The van der Waals surface area contributed by atoms with Gasteiger partial charge in [-0.3, -0.25) is 0 Å². The zero-order valence-corrected chi connectivity index (χ0v) is 18.1. The fourth-order valence-electron chi connectivity index (χ4n) is 3.06. The summed E-state index contributed by atoms with van der Waals surface area (Å²) < 4.78 is 28.4. The maximum Gasteiger partial charge on any atom is 0.241 e. The van der Waals surface area contributed by atoms with Gasteiger partial charge in [0.1, 0.15) is 10.6 Å². The maximum atomic E-state index is 11.7. The smallest absolute Gasteiger partial charge is 0.241 e. The Kier molecular flexibility index (Phi) is 7.06. The normalized spacial score (nSPS) is 13.6. The van der Waals surface area contributed by atoms with E-state index in [1.54, 1.807) is 12.1 Å². The van der Waals surface area contributed by atoms with Gasteiger partial charge in [0.25, 0.3) is 0 Å². The van der Waals surface area contributed by atoms with Gasteiger partial charge in [0.15, 0.2) is 5.96 Å². The molecular formula is C18H23IN4O3S. The van der Waals surface area contributed by atoms with Crippen molar-refractivity contribution in [1.29, 1.82) is 0 Å². The van der Waals surface area contributed by atoms with Crippen LogP contribution >= 0.6 is 24.0 Å².